The zero-order chi connectivity index (χ0) is 16.7. The van der Waals surface area contributed by atoms with Crippen LogP contribution in [0, 0.1) is 0 Å². The molecule has 2 rings (SSSR count). The second kappa shape index (κ2) is 8.72. The van der Waals surface area contributed by atoms with Gasteiger partial charge in [0.1, 0.15) is 0 Å². The first-order valence-electron chi connectivity index (χ1n) is 7.04. The van der Waals surface area contributed by atoms with E-state index in [0.29, 0.717) is 40.1 Å². The fraction of sp³-hybridized carbons (Fsp3) is 0.250. The predicted octanol–water partition coefficient (Wildman–Crippen LogP) is 3.90. The van der Waals surface area contributed by atoms with Crippen LogP contribution < -0.4 is 10.6 Å². The van der Waals surface area contributed by atoms with Gasteiger partial charge in [0.05, 0.1) is 28.2 Å². The van der Waals surface area contributed by atoms with Crippen LogP contribution in [0.4, 0.5) is 11.4 Å². The third kappa shape index (κ3) is 5.39. The van der Waals surface area contributed by atoms with Crippen molar-refractivity contribution in [3.05, 3.63) is 52.3 Å². The van der Waals surface area contributed by atoms with Gasteiger partial charge in [-0.1, -0.05) is 23.2 Å². The number of nitrogens with zero attached hydrogens (tertiary/aromatic N) is 1. The van der Waals surface area contributed by atoms with Gasteiger partial charge in [0.2, 0.25) is 0 Å². The highest BCUT2D eigenvalue weighted by molar-refractivity contribution is 6.35. The van der Waals surface area contributed by atoms with E-state index in [1.54, 1.807) is 37.6 Å². The molecule has 0 saturated heterocycles. The van der Waals surface area contributed by atoms with Crippen LogP contribution in [-0.2, 0) is 4.74 Å². The van der Waals surface area contributed by atoms with Crippen molar-refractivity contribution >= 4 is 40.5 Å². The van der Waals surface area contributed by atoms with Gasteiger partial charge in [-0.25, -0.2) is 0 Å². The van der Waals surface area contributed by atoms with Gasteiger partial charge in [0, 0.05) is 31.5 Å². The van der Waals surface area contributed by atoms with Gasteiger partial charge >= 0.3 is 0 Å². The van der Waals surface area contributed by atoms with Gasteiger partial charge in [-0.15, -0.1) is 0 Å². The normalized spacial score (nSPS) is 10.4. The van der Waals surface area contributed by atoms with E-state index in [1.807, 2.05) is 0 Å². The maximum atomic E-state index is 12.1. The summed E-state index contributed by atoms with van der Waals surface area (Å²) in [5.74, 6) is -0.186. The summed E-state index contributed by atoms with van der Waals surface area (Å²) in [6.45, 7) is 1.15. The van der Waals surface area contributed by atoms with Gasteiger partial charge < -0.3 is 15.4 Å². The fourth-order valence-corrected chi connectivity index (χ4v) is 2.24. The number of benzene rings is 1. The van der Waals surface area contributed by atoms with E-state index >= 15 is 0 Å². The highest BCUT2D eigenvalue weighted by Crippen LogP contribution is 2.28. The van der Waals surface area contributed by atoms with E-state index in [4.69, 9.17) is 27.9 Å². The number of aromatic nitrogens is 1. The van der Waals surface area contributed by atoms with Crippen molar-refractivity contribution in [2.45, 2.75) is 6.42 Å². The number of carbonyl (C=O) groups excluding carboxylic acids is 1. The number of nitrogens with one attached hydrogen (secondary N) is 2. The van der Waals surface area contributed by atoms with Crippen LogP contribution in [0.25, 0.3) is 0 Å². The summed E-state index contributed by atoms with van der Waals surface area (Å²) in [6.07, 6.45) is 3.88. The molecular weight excluding hydrogens is 337 g/mol. The lowest BCUT2D eigenvalue weighted by Crippen LogP contribution is -2.25. The minimum atomic E-state index is -0.186. The third-order valence-electron chi connectivity index (χ3n) is 3.02. The Morgan fingerprint density at radius 3 is 2.87 bits per heavy atom. The number of methoxy groups -OCH3 is 1. The number of amides is 1. The van der Waals surface area contributed by atoms with Crippen LogP contribution >= 0.6 is 23.2 Å². The van der Waals surface area contributed by atoms with Crippen molar-refractivity contribution in [1.29, 1.82) is 0 Å². The Kier molecular flexibility index (Phi) is 6.65. The molecule has 0 bridgehead atoms. The standard InChI is InChI=1S/C16H17Cl2N3O2/c1-23-6-2-5-20-16(22)11-7-13(10-19-9-11)21-15-8-12(17)3-4-14(15)18/h3-4,7-10,21H,2,5-6H2,1H3,(H,20,22). The molecule has 1 aromatic carbocycles. The van der Waals surface area contributed by atoms with E-state index in [0.717, 1.165) is 6.42 Å². The lowest BCUT2D eigenvalue weighted by atomic mass is 10.2. The Morgan fingerprint density at radius 2 is 2.09 bits per heavy atom. The smallest absolute Gasteiger partial charge is 0.252 e. The summed E-state index contributed by atoms with van der Waals surface area (Å²) in [5.41, 5.74) is 1.77. The molecule has 122 valence electrons. The summed E-state index contributed by atoms with van der Waals surface area (Å²) in [4.78, 5) is 16.1. The van der Waals surface area contributed by atoms with Crippen molar-refractivity contribution in [1.82, 2.24) is 10.3 Å². The highest BCUT2D eigenvalue weighted by Gasteiger charge is 2.08. The topological polar surface area (TPSA) is 63.2 Å². The minimum absolute atomic E-state index is 0.186. The number of pyridine rings is 1. The van der Waals surface area contributed by atoms with Crippen molar-refractivity contribution in [2.75, 3.05) is 25.6 Å². The maximum Gasteiger partial charge on any atom is 0.252 e. The van der Waals surface area contributed by atoms with Crippen LogP contribution in [0.2, 0.25) is 10.0 Å². The molecule has 0 unspecified atom stereocenters. The molecule has 0 aliphatic rings. The Labute approximate surface area is 145 Å². The fourth-order valence-electron chi connectivity index (χ4n) is 1.90. The Morgan fingerprint density at radius 1 is 1.26 bits per heavy atom. The molecule has 0 fully saturated rings. The molecule has 5 nitrogen and oxygen atoms in total. The number of hydrogen-bond acceptors (Lipinski definition) is 4. The molecule has 0 atom stereocenters. The second-order valence-corrected chi connectivity index (χ2v) is 5.66. The van der Waals surface area contributed by atoms with Crippen molar-refractivity contribution in [3.63, 3.8) is 0 Å². The minimum Gasteiger partial charge on any atom is -0.385 e. The average molecular weight is 354 g/mol. The van der Waals surface area contributed by atoms with Crippen molar-refractivity contribution in [2.24, 2.45) is 0 Å². The highest BCUT2D eigenvalue weighted by atomic mass is 35.5. The zero-order valence-corrected chi connectivity index (χ0v) is 14.1. The molecule has 0 aliphatic carbocycles. The van der Waals surface area contributed by atoms with Gasteiger partial charge in [0.25, 0.3) is 5.91 Å². The van der Waals surface area contributed by atoms with Crippen LogP contribution in [0.1, 0.15) is 16.8 Å². The average Bonchev–Trinajstić information content (AvgIpc) is 2.55. The summed E-state index contributed by atoms with van der Waals surface area (Å²) >= 11 is 12.1. The van der Waals surface area contributed by atoms with Crippen LogP contribution in [-0.4, -0.2) is 31.2 Å². The lowest BCUT2D eigenvalue weighted by molar-refractivity contribution is 0.0948. The van der Waals surface area contributed by atoms with Gasteiger partial charge in [0.15, 0.2) is 0 Å². The monoisotopic (exact) mass is 353 g/mol. The van der Waals surface area contributed by atoms with Gasteiger partial charge in [-0.05, 0) is 30.7 Å². The van der Waals surface area contributed by atoms with Gasteiger partial charge in [-0.2, -0.15) is 0 Å². The lowest BCUT2D eigenvalue weighted by Gasteiger charge is -2.10. The number of halogens is 2. The van der Waals surface area contributed by atoms with E-state index in [9.17, 15) is 4.79 Å². The molecule has 2 N–H and O–H groups in total. The quantitative estimate of drug-likeness (QED) is 0.741. The van der Waals surface area contributed by atoms with E-state index in [-0.39, 0.29) is 5.91 Å². The second-order valence-electron chi connectivity index (χ2n) is 4.81. The molecule has 7 heteroatoms. The first-order chi connectivity index (χ1) is 11.1. The van der Waals surface area contributed by atoms with Crippen molar-refractivity contribution in [3.8, 4) is 0 Å². The summed E-state index contributed by atoms with van der Waals surface area (Å²) in [6, 6.07) is 6.82. The van der Waals surface area contributed by atoms with Gasteiger partial charge in [-0.3, -0.25) is 9.78 Å². The largest absolute Gasteiger partial charge is 0.385 e. The number of hydrogen-bond donors (Lipinski definition) is 2. The molecule has 0 radical (unpaired) electrons. The first-order valence-corrected chi connectivity index (χ1v) is 7.80. The Balaban J connectivity index is 2.04. The van der Waals surface area contributed by atoms with Crippen molar-refractivity contribution < 1.29 is 9.53 Å². The number of rotatable bonds is 7. The molecule has 0 saturated carbocycles. The molecule has 1 aromatic heterocycles. The Bertz CT molecular complexity index is 680. The van der Waals surface area contributed by atoms with E-state index in [2.05, 4.69) is 15.6 Å². The molecule has 2 aromatic rings. The maximum absolute atomic E-state index is 12.1. The molecule has 1 heterocycles. The number of ether oxygens (including phenoxy) is 1. The summed E-state index contributed by atoms with van der Waals surface area (Å²) in [7, 11) is 1.63. The molecular formula is C16H17Cl2N3O2. The SMILES string of the molecule is COCCCNC(=O)c1cncc(Nc2cc(Cl)ccc2Cl)c1. The Hall–Kier alpha value is -1.82. The van der Waals surface area contributed by atoms with Crippen LogP contribution in [0.15, 0.2) is 36.7 Å². The molecule has 0 aliphatic heterocycles. The molecule has 1 amide bonds. The number of carbonyl (C=O) groups is 1. The molecule has 23 heavy (non-hydrogen) atoms. The van der Waals surface area contributed by atoms with Crippen LogP contribution in [0.3, 0.4) is 0 Å². The van der Waals surface area contributed by atoms with Crippen LogP contribution in [0.5, 0.6) is 0 Å². The van der Waals surface area contributed by atoms with E-state index in [1.165, 1.54) is 6.20 Å². The molecule has 0 spiro atoms. The van der Waals surface area contributed by atoms with E-state index < -0.39 is 0 Å². The first kappa shape index (κ1) is 17.5. The predicted molar refractivity (Wildman–Crippen MR) is 92.8 cm³/mol. The summed E-state index contributed by atoms with van der Waals surface area (Å²) in [5, 5.41) is 7.02. The summed E-state index contributed by atoms with van der Waals surface area (Å²) < 4.78 is 4.94. The third-order valence-corrected chi connectivity index (χ3v) is 3.58. The zero-order valence-electron chi connectivity index (χ0n) is 12.6. The number of anilines is 2.